The van der Waals surface area contributed by atoms with Crippen LogP contribution in [0.2, 0.25) is 0 Å². The van der Waals surface area contributed by atoms with Crippen LogP contribution >= 0.6 is 0 Å². The van der Waals surface area contributed by atoms with Gasteiger partial charge >= 0.3 is 6.09 Å². The first-order chi connectivity index (χ1) is 20.4. The first-order valence-electron chi connectivity index (χ1n) is 14.6. The zero-order chi connectivity index (χ0) is 29.5. The number of benzene rings is 1. The van der Waals surface area contributed by atoms with Crippen molar-refractivity contribution in [2.45, 2.75) is 57.2 Å². The fraction of sp³-hybridized carbons (Fsp3) is 0.552. The van der Waals surface area contributed by atoms with Gasteiger partial charge in [0.05, 0.1) is 37.4 Å². The summed E-state index contributed by atoms with van der Waals surface area (Å²) < 4.78 is 48.8. The highest BCUT2D eigenvalue weighted by Crippen LogP contribution is 2.32. The second-order valence-electron chi connectivity index (χ2n) is 10.6. The summed E-state index contributed by atoms with van der Waals surface area (Å²) in [6, 6.07) is 14.5. The molecule has 1 saturated heterocycles. The quantitative estimate of drug-likeness (QED) is 0.315. The van der Waals surface area contributed by atoms with Crippen LogP contribution in [0.3, 0.4) is 0 Å². The van der Waals surface area contributed by atoms with Crippen molar-refractivity contribution >= 4 is 21.8 Å². The lowest BCUT2D eigenvalue weighted by Gasteiger charge is -2.42. The number of morpholine rings is 1. The average molecular weight is 601 g/mol. The van der Waals surface area contributed by atoms with Gasteiger partial charge in [0.1, 0.15) is 12.6 Å². The van der Waals surface area contributed by atoms with Crippen molar-refractivity contribution in [3.63, 3.8) is 0 Å². The topological polar surface area (TPSA) is 128 Å². The number of hydrogen-bond acceptors (Lipinski definition) is 9. The number of aromatic nitrogens is 3. The number of fused-ring (bicyclic) bond motifs is 1. The smallest absolute Gasteiger partial charge is 0.410 e. The van der Waals surface area contributed by atoms with E-state index in [0.29, 0.717) is 62.9 Å². The molecule has 2 aliphatic rings. The van der Waals surface area contributed by atoms with Crippen LogP contribution in [0.4, 0.5) is 4.79 Å². The fourth-order valence-corrected chi connectivity index (χ4v) is 7.21. The van der Waals surface area contributed by atoms with Crippen molar-refractivity contribution in [1.29, 1.82) is 0 Å². The van der Waals surface area contributed by atoms with Gasteiger partial charge in [0, 0.05) is 19.1 Å². The highest BCUT2D eigenvalue weighted by Gasteiger charge is 2.42. The Hall–Kier alpha value is -3.10. The number of nitrogens with zero attached hydrogens (tertiary/aromatic N) is 5. The summed E-state index contributed by atoms with van der Waals surface area (Å²) in [5.41, 5.74) is 2.11. The van der Waals surface area contributed by atoms with E-state index in [4.69, 9.17) is 14.2 Å². The fourth-order valence-electron chi connectivity index (χ4n) is 5.50. The molecule has 1 aromatic carbocycles. The molecular formula is C29H40N6O6S. The number of sulfonamides is 1. The zero-order valence-corrected chi connectivity index (χ0v) is 25.0. The summed E-state index contributed by atoms with van der Waals surface area (Å²) in [4.78, 5) is 16.6. The van der Waals surface area contributed by atoms with Crippen LogP contribution in [-0.2, 0) is 37.4 Å². The molecule has 1 unspecified atom stereocenters. The third-order valence-corrected chi connectivity index (χ3v) is 9.87. The second-order valence-corrected chi connectivity index (χ2v) is 12.6. The van der Waals surface area contributed by atoms with Gasteiger partial charge in [0.15, 0.2) is 11.5 Å². The molecule has 228 valence electrons. The Kier molecular flexibility index (Phi) is 10.1. The van der Waals surface area contributed by atoms with Crippen LogP contribution in [0.15, 0.2) is 48.5 Å². The molecule has 42 heavy (non-hydrogen) atoms. The Morgan fingerprint density at radius 1 is 1.05 bits per heavy atom. The standard InChI is InChI=1S/C29H40N6O6S/c1-3-33(4-2)24-17-25(18-24)42(37,38)32-26(21-40-19-22-9-6-5-7-10-22)28-31-30-27-12-8-11-23(35(27)28)20-41-29(36)34-13-15-39-16-14-34/h5-12,24-26,32H,3-4,13-21H2,1-2H3. The van der Waals surface area contributed by atoms with Crippen LogP contribution in [-0.4, -0.2) is 96.2 Å². The predicted molar refractivity (Wildman–Crippen MR) is 156 cm³/mol. The third kappa shape index (κ3) is 7.09. The van der Waals surface area contributed by atoms with E-state index in [1.165, 1.54) is 0 Å². The van der Waals surface area contributed by atoms with Gasteiger partial charge in [-0.25, -0.2) is 17.9 Å². The normalized spacial score (nSPS) is 20.0. The van der Waals surface area contributed by atoms with E-state index in [0.717, 1.165) is 18.7 Å². The molecule has 2 fully saturated rings. The predicted octanol–water partition coefficient (Wildman–Crippen LogP) is 2.75. The van der Waals surface area contributed by atoms with Crippen LogP contribution in [0, 0.1) is 0 Å². The highest BCUT2D eigenvalue weighted by molar-refractivity contribution is 7.90. The molecule has 2 aromatic heterocycles. The molecule has 1 N–H and O–H groups in total. The number of pyridine rings is 1. The Bertz CT molecular complexity index is 1420. The number of rotatable bonds is 13. The van der Waals surface area contributed by atoms with Gasteiger partial charge in [-0.05, 0) is 43.6 Å². The Labute approximate surface area is 247 Å². The molecule has 5 rings (SSSR count). The van der Waals surface area contributed by atoms with Gasteiger partial charge in [0.2, 0.25) is 10.0 Å². The van der Waals surface area contributed by atoms with Gasteiger partial charge in [0.25, 0.3) is 0 Å². The number of ether oxygens (including phenoxy) is 3. The molecule has 1 amide bonds. The second kappa shape index (κ2) is 13.9. The monoisotopic (exact) mass is 600 g/mol. The van der Waals surface area contributed by atoms with Crippen LogP contribution in [0.5, 0.6) is 0 Å². The van der Waals surface area contributed by atoms with Gasteiger partial charge in [-0.15, -0.1) is 10.2 Å². The maximum absolute atomic E-state index is 13.6. The molecule has 1 atom stereocenters. The number of nitrogens with one attached hydrogen (secondary N) is 1. The van der Waals surface area contributed by atoms with Gasteiger partial charge in [-0.1, -0.05) is 50.2 Å². The molecule has 1 saturated carbocycles. The lowest BCUT2D eigenvalue weighted by atomic mass is 9.91. The van der Waals surface area contributed by atoms with E-state index < -0.39 is 27.4 Å². The molecule has 0 spiro atoms. The van der Waals surface area contributed by atoms with E-state index in [1.807, 2.05) is 36.4 Å². The molecule has 0 bridgehead atoms. The maximum Gasteiger partial charge on any atom is 0.410 e. The van der Waals surface area contributed by atoms with Crippen molar-refractivity contribution in [2.75, 3.05) is 46.0 Å². The van der Waals surface area contributed by atoms with Crippen molar-refractivity contribution in [1.82, 2.24) is 29.1 Å². The lowest BCUT2D eigenvalue weighted by molar-refractivity contribution is 0.0245. The average Bonchev–Trinajstić information content (AvgIpc) is 3.42. The number of amides is 1. The third-order valence-electron chi connectivity index (χ3n) is 8.00. The Morgan fingerprint density at radius 2 is 1.79 bits per heavy atom. The Balaban J connectivity index is 1.36. The van der Waals surface area contributed by atoms with E-state index in [9.17, 15) is 13.2 Å². The minimum Gasteiger partial charge on any atom is -0.443 e. The van der Waals surface area contributed by atoms with Crippen molar-refractivity contribution in [2.24, 2.45) is 0 Å². The molecule has 3 aromatic rings. The maximum atomic E-state index is 13.6. The summed E-state index contributed by atoms with van der Waals surface area (Å²) in [6.45, 7) is 8.19. The highest BCUT2D eigenvalue weighted by atomic mass is 32.2. The Morgan fingerprint density at radius 3 is 2.50 bits per heavy atom. The minimum atomic E-state index is -3.69. The van der Waals surface area contributed by atoms with Crippen LogP contribution < -0.4 is 4.72 Å². The largest absolute Gasteiger partial charge is 0.443 e. The van der Waals surface area contributed by atoms with E-state index in [-0.39, 0.29) is 19.3 Å². The van der Waals surface area contributed by atoms with Crippen molar-refractivity contribution < 1.29 is 27.4 Å². The van der Waals surface area contributed by atoms with Gasteiger partial charge < -0.3 is 24.0 Å². The molecule has 1 aliphatic carbocycles. The van der Waals surface area contributed by atoms with Crippen molar-refractivity contribution in [3.05, 3.63) is 65.6 Å². The molecule has 0 radical (unpaired) electrons. The van der Waals surface area contributed by atoms with Crippen molar-refractivity contribution in [3.8, 4) is 0 Å². The SMILES string of the molecule is CCN(CC)C1CC(S(=O)(=O)NC(COCc2ccccc2)c2nnc3cccc(COC(=O)N4CCOCC4)n23)C1. The number of carbonyl (C=O) groups excluding carboxylic acids is 1. The van der Waals surface area contributed by atoms with Gasteiger partial charge in [-0.2, -0.15) is 0 Å². The molecular weight excluding hydrogens is 560 g/mol. The molecule has 3 heterocycles. The summed E-state index contributed by atoms with van der Waals surface area (Å²) in [6.07, 6.45) is 0.733. The van der Waals surface area contributed by atoms with E-state index in [1.54, 1.807) is 21.4 Å². The zero-order valence-electron chi connectivity index (χ0n) is 24.2. The summed E-state index contributed by atoms with van der Waals surface area (Å²) in [7, 11) is -3.69. The van der Waals surface area contributed by atoms with E-state index in [2.05, 4.69) is 33.7 Å². The lowest BCUT2D eigenvalue weighted by Crippen LogP contribution is -2.53. The number of hydrogen-bond donors (Lipinski definition) is 1. The minimum absolute atomic E-state index is 0.0307. The first kappa shape index (κ1) is 30.4. The molecule has 13 heteroatoms. The summed E-state index contributed by atoms with van der Waals surface area (Å²) >= 11 is 0. The van der Waals surface area contributed by atoms with E-state index >= 15 is 0 Å². The van der Waals surface area contributed by atoms with Crippen LogP contribution in [0.25, 0.3) is 5.65 Å². The molecule has 1 aliphatic heterocycles. The van der Waals surface area contributed by atoms with Crippen LogP contribution in [0.1, 0.15) is 49.8 Å². The van der Waals surface area contributed by atoms with Gasteiger partial charge in [-0.3, -0.25) is 4.40 Å². The number of carbonyl (C=O) groups is 1. The first-order valence-corrected chi connectivity index (χ1v) is 16.1. The summed E-state index contributed by atoms with van der Waals surface area (Å²) in [5, 5.41) is 8.19. The molecule has 12 nitrogen and oxygen atoms in total. The summed E-state index contributed by atoms with van der Waals surface area (Å²) in [5.74, 6) is 0.374.